The van der Waals surface area contributed by atoms with Crippen molar-refractivity contribution in [3.05, 3.63) is 76.2 Å². The molecule has 1 saturated heterocycles. The van der Waals surface area contributed by atoms with Gasteiger partial charge in [0.05, 0.1) is 12.3 Å². The van der Waals surface area contributed by atoms with Crippen molar-refractivity contribution in [1.82, 2.24) is 14.8 Å². The number of H-pyrrole nitrogens is 1. The number of nitrogens with zero attached hydrogens (tertiary/aromatic N) is 3. The summed E-state index contributed by atoms with van der Waals surface area (Å²) < 4.78 is 1.52. The van der Waals surface area contributed by atoms with Crippen molar-refractivity contribution in [2.75, 3.05) is 17.2 Å². The maximum absolute atomic E-state index is 12.6. The van der Waals surface area contributed by atoms with Crippen LogP contribution in [-0.4, -0.2) is 38.8 Å². The highest BCUT2D eigenvalue weighted by molar-refractivity contribution is 7.99. The summed E-state index contributed by atoms with van der Waals surface area (Å²) in [5.74, 6) is 0.228. The molecule has 2 aromatic carbocycles. The molecular formula is C21H20N4O3S. The van der Waals surface area contributed by atoms with Crippen LogP contribution in [0.15, 0.2) is 64.5 Å². The molecule has 3 aromatic rings. The van der Waals surface area contributed by atoms with E-state index in [0.717, 1.165) is 24.2 Å². The summed E-state index contributed by atoms with van der Waals surface area (Å²) in [6.07, 6.45) is 1.44. The van der Waals surface area contributed by atoms with Crippen LogP contribution in [0.5, 0.6) is 0 Å². The molecule has 8 heteroatoms. The van der Waals surface area contributed by atoms with Crippen molar-refractivity contribution in [3.63, 3.8) is 0 Å². The van der Waals surface area contributed by atoms with Gasteiger partial charge in [0.1, 0.15) is 0 Å². The van der Waals surface area contributed by atoms with Crippen molar-refractivity contribution >= 4 is 29.1 Å². The first kappa shape index (κ1) is 19.2. The van der Waals surface area contributed by atoms with Gasteiger partial charge in [-0.3, -0.25) is 14.2 Å². The molecule has 1 aromatic heterocycles. The first-order chi connectivity index (χ1) is 14.1. The second-order valence-electron chi connectivity index (χ2n) is 6.79. The van der Waals surface area contributed by atoms with Crippen molar-refractivity contribution < 1.29 is 9.59 Å². The van der Waals surface area contributed by atoms with Crippen LogP contribution < -0.4 is 10.6 Å². The molecule has 1 fully saturated rings. The summed E-state index contributed by atoms with van der Waals surface area (Å²) >= 11 is 1.23. The Kier molecular flexibility index (Phi) is 5.62. The molecule has 0 aliphatic carbocycles. The van der Waals surface area contributed by atoms with Gasteiger partial charge < -0.3 is 4.90 Å². The fourth-order valence-electron chi connectivity index (χ4n) is 3.28. The second-order valence-corrected chi connectivity index (χ2v) is 7.73. The Labute approximate surface area is 171 Å². The zero-order valence-electron chi connectivity index (χ0n) is 15.7. The average molecular weight is 408 g/mol. The van der Waals surface area contributed by atoms with Crippen molar-refractivity contribution in [3.8, 4) is 0 Å². The Balaban J connectivity index is 1.41. The van der Waals surface area contributed by atoms with Crippen LogP contribution >= 0.6 is 11.8 Å². The summed E-state index contributed by atoms with van der Waals surface area (Å²) in [4.78, 5) is 38.2. The molecule has 0 bridgehead atoms. The van der Waals surface area contributed by atoms with Crippen molar-refractivity contribution in [2.45, 2.75) is 24.5 Å². The van der Waals surface area contributed by atoms with Crippen molar-refractivity contribution in [2.24, 2.45) is 0 Å². The molecule has 7 nitrogen and oxygen atoms in total. The van der Waals surface area contributed by atoms with Crippen LogP contribution in [0.4, 0.5) is 5.69 Å². The van der Waals surface area contributed by atoms with Crippen LogP contribution in [0.2, 0.25) is 0 Å². The third-order valence-corrected chi connectivity index (χ3v) is 5.79. The zero-order chi connectivity index (χ0) is 20.2. The number of aromatic nitrogens is 3. The first-order valence-corrected chi connectivity index (χ1v) is 10.4. The van der Waals surface area contributed by atoms with Gasteiger partial charge >= 0.3 is 5.69 Å². The van der Waals surface area contributed by atoms with Gasteiger partial charge in [0, 0.05) is 24.2 Å². The summed E-state index contributed by atoms with van der Waals surface area (Å²) in [5, 5.41) is 6.97. The van der Waals surface area contributed by atoms with E-state index in [1.54, 1.807) is 29.2 Å². The Hall–Kier alpha value is -3.13. The number of hydrogen-bond donors (Lipinski definition) is 1. The number of amides is 1. The highest BCUT2D eigenvalue weighted by Crippen LogP contribution is 2.23. The molecule has 1 aliphatic heterocycles. The predicted molar refractivity (Wildman–Crippen MR) is 111 cm³/mol. The number of aromatic amines is 1. The first-order valence-electron chi connectivity index (χ1n) is 9.37. The Morgan fingerprint density at radius 1 is 1.07 bits per heavy atom. The number of carbonyl (C=O) groups is 2. The Morgan fingerprint density at radius 2 is 1.83 bits per heavy atom. The molecule has 2 heterocycles. The largest absolute Gasteiger partial charge is 0.344 e. The minimum atomic E-state index is -0.302. The number of hydrogen-bond acceptors (Lipinski definition) is 5. The highest BCUT2D eigenvalue weighted by atomic mass is 32.2. The SMILES string of the molecule is O=C(CSc1n[nH]c(=O)n1Cc1ccccc1)c1ccc(N2CCCC2=O)cc1. The van der Waals surface area contributed by atoms with Gasteiger partial charge in [0.15, 0.2) is 10.9 Å². The van der Waals surface area contributed by atoms with Gasteiger partial charge in [-0.1, -0.05) is 42.1 Å². The fraction of sp³-hybridized carbons (Fsp3) is 0.238. The van der Waals surface area contributed by atoms with Gasteiger partial charge in [-0.05, 0) is 36.2 Å². The molecule has 1 aliphatic rings. The molecule has 4 rings (SSSR count). The molecule has 0 atom stereocenters. The molecule has 1 N–H and O–H groups in total. The second kappa shape index (κ2) is 8.48. The van der Waals surface area contributed by atoms with Crippen molar-refractivity contribution in [1.29, 1.82) is 0 Å². The number of ketones is 1. The highest BCUT2D eigenvalue weighted by Gasteiger charge is 2.21. The van der Waals surface area contributed by atoms with E-state index in [9.17, 15) is 14.4 Å². The molecule has 148 valence electrons. The standard InChI is InChI=1S/C21H20N4O3S/c26-18(16-8-10-17(11-9-16)24-12-4-7-19(24)27)14-29-21-23-22-20(28)25(21)13-15-5-2-1-3-6-15/h1-3,5-6,8-11H,4,7,12-14H2,(H,22,28). The maximum Gasteiger partial charge on any atom is 0.344 e. The van der Waals surface area contributed by atoms with E-state index in [-0.39, 0.29) is 23.1 Å². The third-order valence-electron chi connectivity index (χ3n) is 4.81. The lowest BCUT2D eigenvalue weighted by atomic mass is 10.1. The lowest BCUT2D eigenvalue weighted by Crippen LogP contribution is -2.23. The third kappa shape index (κ3) is 4.32. The van der Waals surface area contributed by atoms with E-state index in [0.29, 0.717) is 23.7 Å². The van der Waals surface area contributed by atoms with E-state index in [2.05, 4.69) is 10.2 Å². The number of anilines is 1. The van der Waals surface area contributed by atoms with Crippen LogP contribution in [0.1, 0.15) is 28.8 Å². The van der Waals surface area contributed by atoms with E-state index in [1.165, 1.54) is 16.3 Å². The Bertz CT molecular complexity index is 1070. The van der Waals surface area contributed by atoms with Gasteiger partial charge in [0.25, 0.3) is 0 Å². The van der Waals surface area contributed by atoms with E-state index in [1.807, 2.05) is 30.3 Å². The van der Waals surface area contributed by atoms with Crippen LogP contribution in [0.25, 0.3) is 0 Å². The predicted octanol–water partition coefficient (Wildman–Crippen LogP) is 2.72. The van der Waals surface area contributed by atoms with Gasteiger partial charge in [-0.2, -0.15) is 0 Å². The molecule has 0 saturated carbocycles. The number of Topliss-reactive ketones (excluding diaryl/α,β-unsaturated/α-hetero) is 1. The van der Waals surface area contributed by atoms with E-state index in [4.69, 9.17) is 0 Å². The van der Waals surface area contributed by atoms with Crippen LogP contribution in [0.3, 0.4) is 0 Å². The quantitative estimate of drug-likeness (QED) is 0.480. The van der Waals surface area contributed by atoms with Crippen LogP contribution in [-0.2, 0) is 11.3 Å². The zero-order valence-corrected chi connectivity index (χ0v) is 16.5. The average Bonchev–Trinajstić information content (AvgIpc) is 3.33. The summed E-state index contributed by atoms with van der Waals surface area (Å²) in [6.45, 7) is 1.12. The molecule has 29 heavy (non-hydrogen) atoms. The Morgan fingerprint density at radius 3 is 2.52 bits per heavy atom. The van der Waals surface area contributed by atoms with Gasteiger partial charge in [0.2, 0.25) is 5.91 Å². The molecule has 0 unspecified atom stereocenters. The minimum Gasteiger partial charge on any atom is -0.312 e. The topological polar surface area (TPSA) is 88.1 Å². The van der Waals surface area contributed by atoms with Gasteiger partial charge in [-0.15, -0.1) is 5.10 Å². The van der Waals surface area contributed by atoms with E-state index < -0.39 is 0 Å². The lowest BCUT2D eigenvalue weighted by Gasteiger charge is -2.15. The van der Waals surface area contributed by atoms with Crippen LogP contribution in [0, 0.1) is 0 Å². The number of benzene rings is 2. The monoisotopic (exact) mass is 408 g/mol. The summed E-state index contributed by atoms with van der Waals surface area (Å²) in [5.41, 5.74) is 2.07. The fourth-order valence-corrected chi connectivity index (χ4v) is 4.12. The molecule has 0 spiro atoms. The number of thioether (sulfide) groups is 1. The molecule has 1 amide bonds. The number of carbonyl (C=O) groups excluding carboxylic acids is 2. The maximum atomic E-state index is 12.6. The van der Waals surface area contributed by atoms with E-state index >= 15 is 0 Å². The smallest absolute Gasteiger partial charge is 0.312 e. The number of rotatable bonds is 7. The van der Waals surface area contributed by atoms with Gasteiger partial charge in [-0.25, -0.2) is 9.89 Å². The minimum absolute atomic E-state index is 0.0593. The summed E-state index contributed by atoms with van der Waals surface area (Å²) in [6, 6.07) is 16.7. The number of nitrogens with one attached hydrogen (secondary N) is 1. The molecule has 0 radical (unpaired) electrons. The normalized spacial score (nSPS) is 13.8. The molecular weight excluding hydrogens is 388 g/mol. The lowest BCUT2D eigenvalue weighted by molar-refractivity contribution is -0.117. The summed E-state index contributed by atoms with van der Waals surface area (Å²) in [7, 11) is 0.